The second-order valence-corrected chi connectivity index (χ2v) is 6.25. The predicted molar refractivity (Wildman–Crippen MR) is 94.3 cm³/mol. The lowest BCUT2D eigenvalue weighted by atomic mass is 10.2. The molecule has 25 heavy (non-hydrogen) atoms. The number of aryl methyl sites for hydroxylation is 1. The Morgan fingerprint density at radius 3 is 2.96 bits per heavy atom. The quantitative estimate of drug-likeness (QED) is 0.670. The maximum absolute atomic E-state index is 13.6. The Morgan fingerprint density at radius 2 is 2.24 bits per heavy atom. The van der Waals surface area contributed by atoms with Gasteiger partial charge in [0.1, 0.15) is 5.82 Å². The van der Waals surface area contributed by atoms with Crippen LogP contribution in [0.15, 0.2) is 35.4 Å². The number of benzene rings is 1. The number of hydrazone groups is 1. The van der Waals surface area contributed by atoms with Crippen LogP contribution in [0.2, 0.25) is 0 Å². The molecule has 132 valence electrons. The number of hydrogen-bond acceptors (Lipinski definition) is 3. The largest absolute Gasteiger partial charge is 0.376 e. The van der Waals surface area contributed by atoms with Crippen LogP contribution in [0.1, 0.15) is 40.2 Å². The van der Waals surface area contributed by atoms with Crippen molar-refractivity contribution in [2.45, 2.75) is 39.3 Å². The molecule has 0 radical (unpaired) electrons. The predicted octanol–water partition coefficient (Wildman–Crippen LogP) is 3.19. The molecule has 1 saturated heterocycles. The van der Waals surface area contributed by atoms with Gasteiger partial charge in [-0.25, -0.2) is 9.82 Å². The molecule has 0 saturated carbocycles. The molecule has 1 N–H and O–H groups in total. The second kappa shape index (κ2) is 7.61. The minimum Gasteiger partial charge on any atom is -0.376 e. The fourth-order valence-electron chi connectivity index (χ4n) is 3.10. The first-order valence-electron chi connectivity index (χ1n) is 8.42. The van der Waals surface area contributed by atoms with Gasteiger partial charge in [0.25, 0.3) is 5.91 Å². The third kappa shape index (κ3) is 3.96. The standard InChI is InChI=1S/C19H22FN3O2/c1-13-10-15(14(2)23(13)12-16-6-5-9-25-16)11-21-22-19(24)17-7-3-4-8-18(17)20/h3-4,7-8,10-11,16H,5-6,9,12H2,1-2H3,(H,22,24)/b21-11-/t16-/m1/s1. The van der Waals surface area contributed by atoms with Crippen LogP contribution in [-0.4, -0.2) is 29.4 Å². The first-order chi connectivity index (χ1) is 12.1. The number of amides is 1. The van der Waals surface area contributed by atoms with E-state index < -0.39 is 11.7 Å². The Kier molecular flexibility index (Phi) is 5.28. The van der Waals surface area contributed by atoms with Gasteiger partial charge in [0, 0.05) is 30.1 Å². The Hall–Kier alpha value is -2.47. The van der Waals surface area contributed by atoms with Crippen molar-refractivity contribution in [3.05, 3.63) is 58.7 Å². The van der Waals surface area contributed by atoms with E-state index in [1.165, 1.54) is 18.2 Å². The number of carbonyl (C=O) groups is 1. The molecule has 0 aliphatic carbocycles. The lowest BCUT2D eigenvalue weighted by Crippen LogP contribution is -2.19. The van der Waals surface area contributed by atoms with Gasteiger partial charge in [-0.3, -0.25) is 4.79 Å². The lowest BCUT2D eigenvalue weighted by molar-refractivity contribution is 0.0950. The molecule has 1 atom stereocenters. The van der Waals surface area contributed by atoms with Crippen molar-refractivity contribution in [2.75, 3.05) is 6.61 Å². The summed E-state index contributed by atoms with van der Waals surface area (Å²) < 4.78 is 21.5. The lowest BCUT2D eigenvalue weighted by Gasteiger charge is -2.14. The smallest absolute Gasteiger partial charge is 0.274 e. The molecule has 5 nitrogen and oxygen atoms in total. The highest BCUT2D eigenvalue weighted by molar-refractivity contribution is 5.95. The summed E-state index contributed by atoms with van der Waals surface area (Å²) >= 11 is 0. The van der Waals surface area contributed by atoms with Crippen molar-refractivity contribution < 1.29 is 13.9 Å². The van der Waals surface area contributed by atoms with Gasteiger partial charge in [-0.2, -0.15) is 5.10 Å². The molecule has 0 bridgehead atoms. The fraction of sp³-hybridized carbons (Fsp3) is 0.368. The molecular formula is C19H22FN3O2. The first-order valence-corrected chi connectivity index (χ1v) is 8.42. The molecule has 3 rings (SSSR count). The van der Waals surface area contributed by atoms with E-state index in [1.54, 1.807) is 12.3 Å². The van der Waals surface area contributed by atoms with Crippen LogP contribution in [0.4, 0.5) is 4.39 Å². The van der Waals surface area contributed by atoms with Crippen molar-refractivity contribution in [3.8, 4) is 0 Å². The third-order valence-corrected chi connectivity index (χ3v) is 4.51. The van der Waals surface area contributed by atoms with E-state index in [9.17, 15) is 9.18 Å². The maximum atomic E-state index is 13.6. The minimum absolute atomic E-state index is 0.0245. The highest BCUT2D eigenvalue weighted by atomic mass is 19.1. The number of nitrogens with one attached hydrogen (secondary N) is 1. The Balaban J connectivity index is 1.67. The molecule has 1 fully saturated rings. The van der Waals surface area contributed by atoms with Crippen molar-refractivity contribution in [1.82, 2.24) is 9.99 Å². The fourth-order valence-corrected chi connectivity index (χ4v) is 3.10. The molecule has 1 aliphatic rings. The molecular weight excluding hydrogens is 321 g/mol. The van der Waals surface area contributed by atoms with E-state index in [-0.39, 0.29) is 11.7 Å². The van der Waals surface area contributed by atoms with Crippen molar-refractivity contribution in [2.24, 2.45) is 5.10 Å². The van der Waals surface area contributed by atoms with Crippen molar-refractivity contribution in [1.29, 1.82) is 0 Å². The molecule has 1 aliphatic heterocycles. The summed E-state index contributed by atoms with van der Waals surface area (Å²) in [4.78, 5) is 12.0. The zero-order valence-electron chi connectivity index (χ0n) is 14.5. The van der Waals surface area contributed by atoms with Crippen LogP contribution in [0.3, 0.4) is 0 Å². The SMILES string of the molecule is Cc1cc(/C=N\NC(=O)c2ccccc2F)c(C)n1C[C@H]1CCCO1. The van der Waals surface area contributed by atoms with Crippen LogP contribution in [0.25, 0.3) is 0 Å². The third-order valence-electron chi connectivity index (χ3n) is 4.51. The molecule has 1 aromatic carbocycles. The Bertz CT molecular complexity index is 792. The number of aromatic nitrogens is 1. The molecule has 6 heteroatoms. The summed E-state index contributed by atoms with van der Waals surface area (Å²) in [7, 11) is 0. The number of halogens is 1. The number of ether oxygens (including phenoxy) is 1. The van der Waals surface area contributed by atoms with Gasteiger partial charge in [-0.15, -0.1) is 0 Å². The summed E-state index contributed by atoms with van der Waals surface area (Å²) in [6, 6.07) is 7.84. The van der Waals surface area contributed by atoms with Crippen LogP contribution < -0.4 is 5.43 Å². The van der Waals surface area contributed by atoms with E-state index in [0.717, 1.165) is 42.9 Å². The van der Waals surface area contributed by atoms with Gasteiger partial charge in [-0.1, -0.05) is 12.1 Å². The molecule has 2 heterocycles. The Labute approximate surface area is 146 Å². The summed E-state index contributed by atoms with van der Waals surface area (Å²) in [5, 5.41) is 3.97. The van der Waals surface area contributed by atoms with E-state index in [2.05, 4.69) is 15.1 Å². The molecule has 0 unspecified atom stereocenters. The van der Waals surface area contributed by atoms with Gasteiger partial charge in [0.15, 0.2) is 0 Å². The van der Waals surface area contributed by atoms with Crippen LogP contribution in [0.5, 0.6) is 0 Å². The van der Waals surface area contributed by atoms with Crippen molar-refractivity contribution in [3.63, 3.8) is 0 Å². The molecule has 1 amide bonds. The number of nitrogens with zero attached hydrogens (tertiary/aromatic N) is 2. The van der Waals surface area contributed by atoms with E-state index >= 15 is 0 Å². The van der Waals surface area contributed by atoms with Crippen molar-refractivity contribution >= 4 is 12.1 Å². The van der Waals surface area contributed by atoms with Gasteiger partial charge < -0.3 is 9.30 Å². The number of rotatable bonds is 5. The van der Waals surface area contributed by atoms with Gasteiger partial charge in [-0.05, 0) is 44.9 Å². The summed E-state index contributed by atoms with van der Waals surface area (Å²) in [6.07, 6.45) is 4.04. The maximum Gasteiger partial charge on any atom is 0.274 e. The second-order valence-electron chi connectivity index (χ2n) is 6.25. The highest BCUT2D eigenvalue weighted by Gasteiger charge is 2.18. The zero-order valence-corrected chi connectivity index (χ0v) is 14.5. The topological polar surface area (TPSA) is 55.6 Å². The van der Waals surface area contributed by atoms with E-state index in [4.69, 9.17) is 4.74 Å². The summed E-state index contributed by atoms with van der Waals surface area (Å²) in [5.41, 5.74) is 5.46. The van der Waals surface area contributed by atoms with Crippen LogP contribution >= 0.6 is 0 Å². The first kappa shape index (κ1) is 17.4. The summed E-state index contributed by atoms with van der Waals surface area (Å²) in [5.74, 6) is -1.13. The highest BCUT2D eigenvalue weighted by Crippen LogP contribution is 2.19. The molecule has 1 aromatic heterocycles. The van der Waals surface area contributed by atoms with Gasteiger partial charge in [0.2, 0.25) is 0 Å². The zero-order chi connectivity index (χ0) is 17.8. The normalized spacial score (nSPS) is 17.3. The molecule has 0 spiro atoms. The van der Waals surface area contributed by atoms with E-state index in [0.29, 0.717) is 0 Å². The van der Waals surface area contributed by atoms with E-state index in [1.807, 2.05) is 19.9 Å². The van der Waals surface area contributed by atoms with Gasteiger partial charge in [0.05, 0.1) is 17.9 Å². The van der Waals surface area contributed by atoms with Gasteiger partial charge >= 0.3 is 0 Å². The average molecular weight is 343 g/mol. The Morgan fingerprint density at radius 1 is 1.44 bits per heavy atom. The monoisotopic (exact) mass is 343 g/mol. The number of hydrogen-bond donors (Lipinski definition) is 1. The number of carbonyl (C=O) groups excluding carboxylic acids is 1. The summed E-state index contributed by atoms with van der Waals surface area (Å²) in [6.45, 7) is 5.72. The van der Waals surface area contributed by atoms with Crippen LogP contribution in [0, 0.1) is 19.7 Å². The average Bonchev–Trinajstić information content (AvgIpc) is 3.19. The molecule has 2 aromatic rings. The minimum atomic E-state index is -0.567. The van der Waals surface area contributed by atoms with Crippen LogP contribution in [-0.2, 0) is 11.3 Å².